The average molecular weight is 475 g/mol. The van der Waals surface area contributed by atoms with Gasteiger partial charge in [0.05, 0.1) is 0 Å². The zero-order valence-corrected chi connectivity index (χ0v) is 19.5. The minimum atomic E-state index is -1.01. The van der Waals surface area contributed by atoms with Crippen molar-refractivity contribution in [3.63, 3.8) is 0 Å². The number of likely N-dealkylation sites (tertiary alicyclic amines) is 1. The fourth-order valence-electron chi connectivity index (χ4n) is 3.78. The number of hydroxylamine groups is 2. The molecule has 2 aliphatic rings. The molecular weight excluding hydrogens is 444 g/mol. The molecule has 2 atom stereocenters. The minimum Gasteiger partial charge on any atom is -0.444 e. The van der Waals surface area contributed by atoms with Crippen LogP contribution in [0.25, 0.3) is 0 Å². The highest BCUT2D eigenvalue weighted by Crippen LogP contribution is 2.19. The van der Waals surface area contributed by atoms with Gasteiger partial charge in [-0.3, -0.25) is 19.7 Å². The average Bonchev–Trinajstić information content (AvgIpc) is 3.33. The molecule has 2 N–H and O–H groups in total. The molecule has 0 saturated carbocycles. The molecule has 34 heavy (non-hydrogen) atoms. The summed E-state index contributed by atoms with van der Waals surface area (Å²) in [5, 5.41) is 5.63. The molecule has 3 rings (SSSR count). The Balaban J connectivity index is 1.69. The van der Waals surface area contributed by atoms with E-state index in [1.54, 1.807) is 20.8 Å². The summed E-state index contributed by atoms with van der Waals surface area (Å²) >= 11 is 0. The van der Waals surface area contributed by atoms with Gasteiger partial charge in [-0.25, -0.2) is 9.59 Å². The number of ether oxygens (including phenoxy) is 1. The maximum absolute atomic E-state index is 13.4. The van der Waals surface area contributed by atoms with Crippen molar-refractivity contribution in [2.24, 2.45) is 0 Å². The lowest BCUT2D eigenvalue weighted by Gasteiger charge is -2.30. The highest BCUT2D eigenvalue weighted by molar-refractivity contribution is 6.01. The van der Waals surface area contributed by atoms with Crippen LogP contribution >= 0.6 is 0 Å². The van der Waals surface area contributed by atoms with Crippen molar-refractivity contribution in [3.8, 4) is 0 Å². The third kappa shape index (κ3) is 6.69. The molecule has 2 fully saturated rings. The van der Waals surface area contributed by atoms with Gasteiger partial charge < -0.3 is 19.8 Å². The van der Waals surface area contributed by atoms with Crippen molar-refractivity contribution in [1.29, 1.82) is 0 Å². The van der Waals surface area contributed by atoms with Crippen LogP contribution in [-0.4, -0.2) is 64.2 Å². The largest absolute Gasteiger partial charge is 0.444 e. The summed E-state index contributed by atoms with van der Waals surface area (Å²) in [6.07, 6.45) is -1.19. The predicted molar refractivity (Wildman–Crippen MR) is 119 cm³/mol. The Bertz CT molecular complexity index is 928. The summed E-state index contributed by atoms with van der Waals surface area (Å²) in [4.78, 5) is 67.8. The molecule has 2 unspecified atom stereocenters. The van der Waals surface area contributed by atoms with Gasteiger partial charge in [0.15, 0.2) is 0 Å². The Morgan fingerprint density at radius 2 is 1.71 bits per heavy atom. The van der Waals surface area contributed by atoms with Gasteiger partial charge >= 0.3 is 12.2 Å². The predicted octanol–water partition coefficient (Wildman–Crippen LogP) is 1.86. The molecule has 1 aromatic carbocycles. The molecule has 11 nitrogen and oxygen atoms in total. The monoisotopic (exact) mass is 474 g/mol. The minimum absolute atomic E-state index is 0.0162. The van der Waals surface area contributed by atoms with E-state index in [9.17, 15) is 24.0 Å². The Morgan fingerprint density at radius 1 is 1.06 bits per heavy atom. The topological polar surface area (TPSA) is 134 Å². The first-order chi connectivity index (χ1) is 16.0. The second-order valence-electron chi connectivity index (χ2n) is 9.18. The van der Waals surface area contributed by atoms with E-state index in [1.165, 1.54) is 4.90 Å². The SMILES string of the molecule is CC(C)(C)OC(=O)NC(Cc1ccccc1)C(=O)N1CCCC1NC(=O)ON1C(=O)CCC1=O. The second kappa shape index (κ2) is 10.5. The van der Waals surface area contributed by atoms with Crippen LogP contribution < -0.4 is 10.6 Å². The molecule has 0 aliphatic carbocycles. The molecule has 0 radical (unpaired) electrons. The van der Waals surface area contributed by atoms with Crippen LogP contribution in [0, 0.1) is 0 Å². The van der Waals surface area contributed by atoms with E-state index >= 15 is 0 Å². The van der Waals surface area contributed by atoms with Crippen LogP contribution in [-0.2, 0) is 30.4 Å². The molecule has 0 bridgehead atoms. The maximum atomic E-state index is 13.4. The van der Waals surface area contributed by atoms with Gasteiger partial charge in [-0.2, -0.15) is 0 Å². The van der Waals surface area contributed by atoms with Gasteiger partial charge in [0.25, 0.3) is 11.8 Å². The molecule has 5 amide bonds. The Labute approximate surface area is 197 Å². The number of hydrogen-bond acceptors (Lipinski definition) is 7. The number of benzene rings is 1. The molecule has 2 aliphatic heterocycles. The zero-order chi connectivity index (χ0) is 24.9. The molecular formula is C23H30N4O7. The number of carbonyl (C=O) groups excluding carboxylic acids is 5. The van der Waals surface area contributed by atoms with E-state index in [0.29, 0.717) is 24.4 Å². The summed E-state index contributed by atoms with van der Waals surface area (Å²) in [6.45, 7) is 5.53. The van der Waals surface area contributed by atoms with Crippen LogP contribution in [0.15, 0.2) is 30.3 Å². The Hall–Kier alpha value is -3.63. The molecule has 1 aromatic rings. The van der Waals surface area contributed by atoms with Gasteiger partial charge in [0, 0.05) is 25.8 Å². The smallest absolute Gasteiger partial charge is 0.433 e. The summed E-state index contributed by atoms with van der Waals surface area (Å²) in [6, 6.07) is 8.28. The van der Waals surface area contributed by atoms with Crippen LogP contribution in [0.2, 0.25) is 0 Å². The Kier molecular flexibility index (Phi) is 7.75. The van der Waals surface area contributed by atoms with E-state index in [0.717, 1.165) is 5.56 Å². The molecule has 184 valence electrons. The number of rotatable bonds is 6. The van der Waals surface area contributed by atoms with Gasteiger partial charge in [-0.15, -0.1) is 5.06 Å². The number of alkyl carbamates (subject to hydrolysis) is 1. The fraction of sp³-hybridized carbons (Fsp3) is 0.522. The van der Waals surface area contributed by atoms with Crippen LogP contribution in [0.4, 0.5) is 9.59 Å². The van der Waals surface area contributed by atoms with Crippen LogP contribution in [0.3, 0.4) is 0 Å². The van der Waals surface area contributed by atoms with Crippen molar-refractivity contribution in [2.75, 3.05) is 6.54 Å². The third-order valence-corrected chi connectivity index (χ3v) is 5.27. The van der Waals surface area contributed by atoms with Crippen molar-refractivity contribution in [2.45, 2.75) is 70.7 Å². The molecule has 0 aromatic heterocycles. The second-order valence-corrected chi connectivity index (χ2v) is 9.18. The molecule has 2 saturated heterocycles. The Morgan fingerprint density at radius 3 is 2.32 bits per heavy atom. The maximum Gasteiger partial charge on any atom is 0.433 e. The zero-order valence-electron chi connectivity index (χ0n) is 19.5. The normalized spacial score (nSPS) is 19.1. The standard InChI is InChI=1S/C23H30N4O7/c1-23(2,3)33-21(31)24-16(14-15-8-5-4-6-9-15)20(30)26-13-7-10-17(26)25-22(32)34-27-18(28)11-12-19(27)29/h4-6,8-9,16-17H,7,10-14H2,1-3H3,(H,24,31)(H,25,32). The van der Waals surface area contributed by atoms with E-state index in [-0.39, 0.29) is 19.3 Å². The van der Waals surface area contributed by atoms with E-state index in [4.69, 9.17) is 9.57 Å². The first-order valence-corrected chi connectivity index (χ1v) is 11.2. The van der Waals surface area contributed by atoms with Crippen molar-refractivity contribution in [3.05, 3.63) is 35.9 Å². The van der Waals surface area contributed by atoms with E-state index < -0.39 is 47.7 Å². The van der Waals surface area contributed by atoms with Crippen molar-refractivity contribution >= 4 is 29.9 Å². The number of nitrogens with one attached hydrogen (secondary N) is 2. The summed E-state index contributed by atoms with van der Waals surface area (Å²) in [7, 11) is 0. The van der Waals surface area contributed by atoms with Crippen molar-refractivity contribution in [1.82, 2.24) is 20.6 Å². The van der Waals surface area contributed by atoms with Gasteiger partial charge in [-0.1, -0.05) is 30.3 Å². The molecule has 11 heteroatoms. The summed E-state index contributed by atoms with van der Waals surface area (Å²) in [5.74, 6) is -1.58. The number of hydrogen-bond donors (Lipinski definition) is 2. The van der Waals surface area contributed by atoms with Gasteiger partial charge in [-0.05, 0) is 39.2 Å². The summed E-state index contributed by atoms with van der Waals surface area (Å²) in [5.41, 5.74) is 0.0992. The van der Waals surface area contributed by atoms with Crippen LogP contribution in [0.1, 0.15) is 52.0 Å². The summed E-state index contributed by atoms with van der Waals surface area (Å²) < 4.78 is 5.32. The first kappa shape index (κ1) is 25.0. The van der Waals surface area contributed by atoms with E-state index in [1.807, 2.05) is 30.3 Å². The highest BCUT2D eigenvalue weighted by Gasteiger charge is 2.38. The van der Waals surface area contributed by atoms with Gasteiger partial charge in [0.1, 0.15) is 17.8 Å². The number of carbonyl (C=O) groups is 5. The van der Waals surface area contributed by atoms with E-state index in [2.05, 4.69) is 10.6 Å². The number of amides is 5. The number of nitrogens with zero attached hydrogens (tertiary/aromatic N) is 2. The molecule has 2 heterocycles. The lowest BCUT2D eigenvalue weighted by atomic mass is 10.0. The number of imide groups is 1. The lowest BCUT2D eigenvalue weighted by Crippen LogP contribution is -2.55. The lowest BCUT2D eigenvalue weighted by molar-refractivity contribution is -0.172. The fourth-order valence-corrected chi connectivity index (χ4v) is 3.78. The quantitative estimate of drug-likeness (QED) is 0.601. The van der Waals surface area contributed by atoms with Gasteiger partial charge in [0.2, 0.25) is 5.91 Å². The van der Waals surface area contributed by atoms with Crippen molar-refractivity contribution < 1.29 is 33.5 Å². The first-order valence-electron chi connectivity index (χ1n) is 11.2. The molecule has 0 spiro atoms. The third-order valence-electron chi connectivity index (χ3n) is 5.27. The highest BCUT2D eigenvalue weighted by atomic mass is 16.7. The van der Waals surface area contributed by atoms with Crippen LogP contribution in [0.5, 0.6) is 0 Å².